The van der Waals surface area contributed by atoms with Crippen molar-refractivity contribution in [2.45, 2.75) is 46.0 Å². The van der Waals surface area contributed by atoms with Gasteiger partial charge < -0.3 is 20.3 Å². The number of hydrogen-bond acceptors (Lipinski definition) is 7. The number of likely N-dealkylation sites (N-methyl/N-ethyl adjacent to an activating group) is 1. The molecule has 4 rings (SSSR count). The third kappa shape index (κ3) is 4.65. The van der Waals surface area contributed by atoms with Crippen LogP contribution < -0.4 is 15.5 Å². The lowest BCUT2D eigenvalue weighted by molar-refractivity contribution is -0.120. The number of aryl methyl sites for hydroxylation is 2. The maximum absolute atomic E-state index is 13.7. The predicted octanol–water partition coefficient (Wildman–Crippen LogP) is 2.88. The summed E-state index contributed by atoms with van der Waals surface area (Å²) in [4.78, 5) is 23.2. The average molecular weight is 454 g/mol. The minimum atomic E-state index is -0.434. The van der Waals surface area contributed by atoms with Gasteiger partial charge in [-0.2, -0.15) is 5.10 Å². The summed E-state index contributed by atoms with van der Waals surface area (Å²) >= 11 is 0. The summed E-state index contributed by atoms with van der Waals surface area (Å²) in [6.07, 6.45) is 5.05. The quantitative estimate of drug-likeness (QED) is 0.568. The fourth-order valence-corrected chi connectivity index (χ4v) is 3.96. The monoisotopic (exact) mass is 453 g/mol. The van der Waals surface area contributed by atoms with Gasteiger partial charge in [-0.3, -0.25) is 14.5 Å². The highest BCUT2D eigenvalue weighted by molar-refractivity contribution is 6.04. The number of carbonyl (C=O) groups excluding carboxylic acids is 1. The molecule has 4 heterocycles. The number of hydrogen-bond donors (Lipinski definition) is 2. The lowest BCUT2D eigenvalue weighted by Gasteiger charge is -2.38. The number of ether oxygens (including phenoxy) is 1. The van der Waals surface area contributed by atoms with Gasteiger partial charge in [0.1, 0.15) is 17.7 Å². The van der Waals surface area contributed by atoms with Crippen molar-refractivity contribution in [3.63, 3.8) is 0 Å². The van der Waals surface area contributed by atoms with E-state index in [-0.39, 0.29) is 17.8 Å². The summed E-state index contributed by atoms with van der Waals surface area (Å²) in [6.45, 7) is 6.32. The summed E-state index contributed by atoms with van der Waals surface area (Å²) < 4.78 is 20.9. The summed E-state index contributed by atoms with van der Waals surface area (Å²) in [5, 5.41) is 10.7. The lowest BCUT2D eigenvalue weighted by Crippen LogP contribution is -2.52. The fourth-order valence-electron chi connectivity index (χ4n) is 3.96. The van der Waals surface area contributed by atoms with Gasteiger partial charge in [0.2, 0.25) is 5.91 Å². The summed E-state index contributed by atoms with van der Waals surface area (Å²) in [6, 6.07) is 2.97. The topological polar surface area (TPSA) is 97.2 Å². The number of aromatic nitrogens is 4. The van der Waals surface area contributed by atoms with E-state index in [0.717, 1.165) is 22.5 Å². The van der Waals surface area contributed by atoms with Crippen molar-refractivity contribution < 1.29 is 13.9 Å². The van der Waals surface area contributed by atoms with Crippen molar-refractivity contribution in [1.82, 2.24) is 19.7 Å². The number of fused-ring (bicyclic) bond motifs is 1. The van der Waals surface area contributed by atoms with Crippen LogP contribution in [0, 0.1) is 19.7 Å². The first-order chi connectivity index (χ1) is 15.8. The molecule has 2 atom stereocenters. The van der Waals surface area contributed by atoms with Crippen LogP contribution in [-0.2, 0) is 22.6 Å². The van der Waals surface area contributed by atoms with E-state index in [1.165, 1.54) is 6.07 Å². The van der Waals surface area contributed by atoms with Gasteiger partial charge in [0.05, 0.1) is 41.6 Å². The number of carbonyl (C=O) groups is 1. The van der Waals surface area contributed by atoms with Gasteiger partial charge in [-0.05, 0) is 32.4 Å². The lowest BCUT2D eigenvalue weighted by atomic mass is 10.0. The second kappa shape index (κ2) is 9.14. The Morgan fingerprint density at radius 1 is 1.24 bits per heavy atom. The highest BCUT2D eigenvalue weighted by atomic mass is 19.1. The molecule has 0 aliphatic carbocycles. The average Bonchev–Trinajstić information content (AvgIpc) is 3.23. The molecule has 0 saturated heterocycles. The van der Waals surface area contributed by atoms with E-state index in [2.05, 4.69) is 25.7 Å². The molecule has 0 spiro atoms. The summed E-state index contributed by atoms with van der Waals surface area (Å²) in [5.41, 5.74) is 4.40. The summed E-state index contributed by atoms with van der Waals surface area (Å²) in [7, 11) is 3.48. The van der Waals surface area contributed by atoms with E-state index in [4.69, 9.17) is 4.74 Å². The molecule has 33 heavy (non-hydrogen) atoms. The first-order valence-corrected chi connectivity index (χ1v) is 10.7. The molecule has 0 unspecified atom stereocenters. The zero-order valence-corrected chi connectivity index (χ0v) is 19.4. The van der Waals surface area contributed by atoms with Crippen molar-refractivity contribution in [2.75, 3.05) is 29.7 Å². The molecule has 1 aliphatic rings. The van der Waals surface area contributed by atoms with Gasteiger partial charge in [0.25, 0.3) is 0 Å². The molecule has 9 nitrogen and oxygen atoms in total. The van der Waals surface area contributed by atoms with Gasteiger partial charge in [-0.25, -0.2) is 9.37 Å². The molecule has 0 bridgehead atoms. The van der Waals surface area contributed by atoms with E-state index >= 15 is 0 Å². The van der Waals surface area contributed by atoms with E-state index in [9.17, 15) is 9.18 Å². The van der Waals surface area contributed by atoms with Crippen molar-refractivity contribution in [1.29, 1.82) is 0 Å². The number of nitrogens with one attached hydrogen (secondary N) is 2. The molecule has 174 valence electrons. The third-order valence-corrected chi connectivity index (χ3v) is 5.90. The Labute approximate surface area is 192 Å². The summed E-state index contributed by atoms with van der Waals surface area (Å²) in [5.74, 6) is 0.260. The second-order valence-corrected chi connectivity index (χ2v) is 8.28. The molecule has 3 aromatic rings. The van der Waals surface area contributed by atoms with Crippen molar-refractivity contribution in [3.05, 3.63) is 59.1 Å². The highest BCUT2D eigenvalue weighted by Gasteiger charge is 2.36. The Kier molecular flexibility index (Phi) is 6.28. The molecule has 0 saturated carbocycles. The minimum Gasteiger partial charge on any atom is -0.379 e. The minimum absolute atomic E-state index is 0.110. The Bertz CT molecular complexity index is 1180. The number of amides is 1. The van der Waals surface area contributed by atoms with Gasteiger partial charge >= 0.3 is 0 Å². The molecule has 3 aromatic heterocycles. The van der Waals surface area contributed by atoms with E-state index in [0.29, 0.717) is 30.3 Å². The maximum Gasteiger partial charge on any atom is 0.249 e. The van der Waals surface area contributed by atoms with Crippen LogP contribution >= 0.6 is 0 Å². The van der Waals surface area contributed by atoms with Crippen molar-refractivity contribution in [2.24, 2.45) is 0 Å². The first-order valence-electron chi connectivity index (χ1n) is 10.7. The Balaban J connectivity index is 1.46. The SMILES string of the molecule is CO[C@H](C)[C@H]1C(=O)Nc2c(cc(NCc3cnn(Cc4cnc(C)c(F)c4)c3)nc2C)N1C. The van der Waals surface area contributed by atoms with Crippen LogP contribution in [0.2, 0.25) is 0 Å². The number of halogens is 1. The fraction of sp³-hybridized carbons (Fsp3) is 0.391. The molecular formula is C23H28FN7O2. The number of methoxy groups -OCH3 is 1. The Morgan fingerprint density at radius 3 is 2.76 bits per heavy atom. The molecule has 1 amide bonds. The Morgan fingerprint density at radius 2 is 2.03 bits per heavy atom. The van der Waals surface area contributed by atoms with Crippen LogP contribution in [0.25, 0.3) is 0 Å². The number of rotatable bonds is 7. The van der Waals surface area contributed by atoms with Crippen LogP contribution in [-0.4, -0.2) is 52.0 Å². The van der Waals surface area contributed by atoms with E-state index in [1.807, 2.05) is 38.1 Å². The normalized spacial score (nSPS) is 16.4. The largest absolute Gasteiger partial charge is 0.379 e. The van der Waals surface area contributed by atoms with Gasteiger partial charge in [0.15, 0.2) is 0 Å². The van der Waals surface area contributed by atoms with Crippen LogP contribution in [0.5, 0.6) is 0 Å². The van der Waals surface area contributed by atoms with Crippen LogP contribution in [0.15, 0.2) is 30.7 Å². The van der Waals surface area contributed by atoms with Crippen LogP contribution in [0.3, 0.4) is 0 Å². The number of nitrogens with zero attached hydrogens (tertiary/aromatic N) is 5. The zero-order valence-electron chi connectivity index (χ0n) is 19.4. The van der Waals surface area contributed by atoms with Gasteiger partial charge in [0, 0.05) is 44.7 Å². The Hall–Kier alpha value is -3.53. The maximum atomic E-state index is 13.7. The third-order valence-electron chi connectivity index (χ3n) is 5.90. The molecule has 0 aromatic carbocycles. The molecule has 10 heteroatoms. The van der Waals surface area contributed by atoms with Crippen LogP contribution in [0.1, 0.15) is 29.4 Å². The van der Waals surface area contributed by atoms with E-state index < -0.39 is 6.04 Å². The van der Waals surface area contributed by atoms with Gasteiger partial charge in [-0.15, -0.1) is 0 Å². The zero-order chi connectivity index (χ0) is 23.7. The molecule has 1 aliphatic heterocycles. The van der Waals surface area contributed by atoms with E-state index in [1.54, 1.807) is 31.1 Å². The van der Waals surface area contributed by atoms with Crippen molar-refractivity contribution >= 4 is 23.1 Å². The highest BCUT2D eigenvalue weighted by Crippen LogP contribution is 2.36. The number of anilines is 3. The van der Waals surface area contributed by atoms with Crippen molar-refractivity contribution in [3.8, 4) is 0 Å². The molecule has 0 radical (unpaired) electrons. The predicted molar refractivity (Wildman–Crippen MR) is 124 cm³/mol. The standard InChI is InChI=1S/C23H28FN7O2/c1-13-18(24)6-16(8-25-13)11-31-12-17(10-27-31)9-26-20-7-19-21(14(2)28-20)29-23(32)22(30(19)4)15(3)33-5/h6-8,10,12,15,22H,9,11H2,1-5H3,(H,26,28)(H,29,32)/t15-,22+/m1/s1. The first kappa shape index (κ1) is 22.7. The van der Waals surface area contributed by atoms with Gasteiger partial charge in [-0.1, -0.05) is 0 Å². The molecular weight excluding hydrogens is 425 g/mol. The smallest absolute Gasteiger partial charge is 0.249 e. The van der Waals surface area contributed by atoms with Crippen LogP contribution in [0.4, 0.5) is 21.6 Å². The molecule has 0 fully saturated rings. The molecule has 2 N–H and O–H groups in total. The number of pyridine rings is 2. The second-order valence-electron chi connectivity index (χ2n) is 8.28.